The number of fused-ring (bicyclic) bond motifs is 1. The topological polar surface area (TPSA) is 111 Å². The number of amides is 2. The van der Waals surface area contributed by atoms with Crippen LogP contribution < -0.4 is 5.32 Å². The quantitative estimate of drug-likeness (QED) is 0.745. The Balaban J connectivity index is 1.58. The minimum Gasteiger partial charge on any atom is -0.378 e. The number of carbonyl (C=O) groups is 2. The fraction of sp³-hybridized carbons (Fsp3) is 0.706. The molecule has 1 N–H and O–H groups in total. The lowest BCUT2D eigenvalue weighted by molar-refractivity contribution is 0.0298. The molecule has 2 saturated heterocycles. The van der Waals surface area contributed by atoms with Crippen molar-refractivity contribution in [2.24, 2.45) is 0 Å². The van der Waals surface area contributed by atoms with Gasteiger partial charge in [-0.15, -0.1) is 0 Å². The van der Waals surface area contributed by atoms with Gasteiger partial charge >= 0.3 is 0 Å². The van der Waals surface area contributed by atoms with Crippen molar-refractivity contribution in [3.63, 3.8) is 0 Å². The predicted molar refractivity (Wildman–Crippen MR) is 96.4 cm³/mol. The first-order chi connectivity index (χ1) is 12.9. The summed E-state index contributed by atoms with van der Waals surface area (Å²) in [7, 11) is -3.08. The van der Waals surface area contributed by atoms with Crippen LogP contribution in [-0.4, -0.2) is 78.5 Å². The van der Waals surface area contributed by atoms with Crippen LogP contribution in [0, 0.1) is 0 Å². The number of aromatic nitrogens is 2. The van der Waals surface area contributed by atoms with E-state index in [1.807, 2.05) is 4.57 Å². The monoisotopic (exact) mass is 396 g/mol. The molecular formula is C17H24N4O5S. The fourth-order valence-corrected chi connectivity index (χ4v) is 5.64. The summed E-state index contributed by atoms with van der Waals surface area (Å²) in [6, 6.07) is -0.391. The van der Waals surface area contributed by atoms with Gasteiger partial charge in [-0.25, -0.2) is 13.4 Å². The van der Waals surface area contributed by atoms with Crippen molar-refractivity contribution in [3.05, 3.63) is 17.2 Å². The maximum Gasteiger partial charge on any atom is 0.287 e. The largest absolute Gasteiger partial charge is 0.378 e. The molecule has 0 saturated carbocycles. The van der Waals surface area contributed by atoms with E-state index in [9.17, 15) is 18.0 Å². The molecule has 1 aromatic heterocycles. The first-order valence-electron chi connectivity index (χ1n) is 9.42. The highest BCUT2D eigenvalue weighted by atomic mass is 32.2. The average molecular weight is 396 g/mol. The van der Waals surface area contributed by atoms with Crippen LogP contribution in [0.5, 0.6) is 0 Å². The molecule has 1 atom stereocenters. The summed E-state index contributed by atoms with van der Waals surface area (Å²) < 4.78 is 30.4. The van der Waals surface area contributed by atoms with Gasteiger partial charge in [-0.05, 0) is 25.7 Å². The Morgan fingerprint density at radius 2 is 1.93 bits per heavy atom. The lowest BCUT2D eigenvalue weighted by Gasteiger charge is -2.26. The second kappa shape index (κ2) is 7.23. The first-order valence-corrected chi connectivity index (χ1v) is 11.2. The molecule has 0 spiro atoms. The molecule has 27 heavy (non-hydrogen) atoms. The smallest absolute Gasteiger partial charge is 0.287 e. The van der Waals surface area contributed by atoms with E-state index >= 15 is 0 Å². The Bertz CT molecular complexity index is 857. The van der Waals surface area contributed by atoms with Gasteiger partial charge in [-0.1, -0.05) is 0 Å². The number of rotatable bonds is 3. The summed E-state index contributed by atoms with van der Waals surface area (Å²) in [4.78, 5) is 31.8. The minimum atomic E-state index is -3.08. The van der Waals surface area contributed by atoms with E-state index in [2.05, 4.69) is 10.3 Å². The fourth-order valence-electron chi connectivity index (χ4n) is 3.96. The Morgan fingerprint density at radius 1 is 1.15 bits per heavy atom. The zero-order chi connectivity index (χ0) is 19.0. The van der Waals surface area contributed by atoms with Gasteiger partial charge in [-0.3, -0.25) is 9.59 Å². The number of morpholine rings is 1. The number of hydrogen-bond acceptors (Lipinski definition) is 6. The van der Waals surface area contributed by atoms with E-state index in [0.29, 0.717) is 51.4 Å². The minimum absolute atomic E-state index is 0.0358. The summed E-state index contributed by atoms with van der Waals surface area (Å²) in [5, 5.41) is 2.79. The van der Waals surface area contributed by atoms with Crippen molar-refractivity contribution in [2.45, 2.75) is 38.3 Å². The van der Waals surface area contributed by atoms with E-state index in [0.717, 1.165) is 18.5 Å². The van der Waals surface area contributed by atoms with Crippen molar-refractivity contribution >= 4 is 21.7 Å². The standard InChI is InChI=1S/C17H24N4O5S/c22-16(18-12-4-10-27(24,25)11-12)15-19-14(13-3-1-2-5-21(13)15)17(23)20-6-8-26-9-7-20/h12H,1-11H2,(H,18,22). The van der Waals surface area contributed by atoms with Crippen molar-refractivity contribution in [2.75, 3.05) is 37.8 Å². The van der Waals surface area contributed by atoms with E-state index in [1.165, 1.54) is 0 Å². The number of carbonyl (C=O) groups excluding carboxylic acids is 2. The van der Waals surface area contributed by atoms with Crippen molar-refractivity contribution < 1.29 is 22.7 Å². The average Bonchev–Trinajstić information content (AvgIpc) is 3.22. The summed E-state index contributed by atoms with van der Waals surface area (Å²) in [6.07, 6.45) is 3.01. The number of ether oxygens (including phenoxy) is 1. The Hall–Kier alpha value is -1.94. The van der Waals surface area contributed by atoms with E-state index in [-0.39, 0.29) is 23.2 Å². The maximum atomic E-state index is 12.9. The molecular weight excluding hydrogens is 372 g/mol. The van der Waals surface area contributed by atoms with Gasteiger partial charge in [0.25, 0.3) is 11.8 Å². The van der Waals surface area contributed by atoms with E-state index in [4.69, 9.17) is 4.74 Å². The molecule has 4 heterocycles. The molecule has 0 aliphatic carbocycles. The lowest BCUT2D eigenvalue weighted by Crippen LogP contribution is -2.41. The Kier molecular flexibility index (Phi) is 4.94. The first kappa shape index (κ1) is 18.4. The number of sulfone groups is 1. The third kappa shape index (κ3) is 3.73. The molecule has 2 amide bonds. The number of hydrogen-bond donors (Lipinski definition) is 1. The van der Waals surface area contributed by atoms with E-state index in [1.54, 1.807) is 4.90 Å². The molecule has 3 aliphatic heterocycles. The van der Waals surface area contributed by atoms with Crippen LogP contribution in [0.15, 0.2) is 0 Å². The normalized spacial score (nSPS) is 24.4. The zero-order valence-corrected chi connectivity index (χ0v) is 16.0. The highest BCUT2D eigenvalue weighted by Crippen LogP contribution is 2.23. The van der Waals surface area contributed by atoms with E-state index < -0.39 is 21.8 Å². The van der Waals surface area contributed by atoms with Crippen molar-refractivity contribution in [1.29, 1.82) is 0 Å². The van der Waals surface area contributed by atoms with Crippen LogP contribution in [0.3, 0.4) is 0 Å². The molecule has 0 bridgehead atoms. The van der Waals surface area contributed by atoms with Crippen LogP contribution in [0.2, 0.25) is 0 Å². The van der Waals surface area contributed by atoms with Gasteiger partial charge < -0.3 is 19.5 Å². The number of nitrogens with one attached hydrogen (secondary N) is 1. The zero-order valence-electron chi connectivity index (χ0n) is 15.1. The molecule has 3 aliphatic rings. The maximum absolute atomic E-state index is 12.9. The van der Waals surface area contributed by atoms with Gasteiger partial charge in [0.1, 0.15) is 5.69 Å². The summed E-state index contributed by atoms with van der Waals surface area (Å²) >= 11 is 0. The molecule has 2 fully saturated rings. The van der Waals surface area contributed by atoms with Gasteiger partial charge in [0.2, 0.25) is 0 Å². The molecule has 4 rings (SSSR count). The lowest BCUT2D eigenvalue weighted by atomic mass is 10.1. The third-order valence-electron chi connectivity index (χ3n) is 5.39. The Morgan fingerprint density at radius 3 is 2.63 bits per heavy atom. The van der Waals surface area contributed by atoms with Crippen LogP contribution in [0.1, 0.15) is 46.1 Å². The van der Waals surface area contributed by atoms with Crippen LogP contribution in [0.4, 0.5) is 0 Å². The third-order valence-corrected chi connectivity index (χ3v) is 7.16. The summed E-state index contributed by atoms with van der Waals surface area (Å²) in [5.74, 6) is -0.289. The van der Waals surface area contributed by atoms with Gasteiger partial charge in [0.05, 0.1) is 30.4 Å². The summed E-state index contributed by atoms with van der Waals surface area (Å²) in [6.45, 7) is 2.69. The van der Waals surface area contributed by atoms with Gasteiger partial charge in [-0.2, -0.15) is 0 Å². The molecule has 1 aromatic rings. The molecule has 0 radical (unpaired) electrons. The predicted octanol–water partition coefficient (Wildman–Crippen LogP) is -0.391. The molecule has 148 valence electrons. The molecule has 9 nitrogen and oxygen atoms in total. The highest BCUT2D eigenvalue weighted by molar-refractivity contribution is 7.91. The second-order valence-corrected chi connectivity index (χ2v) is 9.55. The molecule has 10 heteroatoms. The Labute approximate surface area is 158 Å². The highest BCUT2D eigenvalue weighted by Gasteiger charge is 2.33. The van der Waals surface area contributed by atoms with Crippen LogP contribution >= 0.6 is 0 Å². The van der Waals surface area contributed by atoms with Gasteiger partial charge in [0, 0.05) is 25.7 Å². The number of imidazole rings is 1. The van der Waals surface area contributed by atoms with Gasteiger partial charge in [0.15, 0.2) is 15.7 Å². The van der Waals surface area contributed by atoms with Crippen molar-refractivity contribution in [1.82, 2.24) is 19.8 Å². The molecule has 0 aromatic carbocycles. The van der Waals surface area contributed by atoms with Crippen LogP contribution in [-0.2, 0) is 27.5 Å². The SMILES string of the molecule is O=C(NC1CCS(=O)(=O)C1)c1nc(C(=O)N2CCOCC2)c2n1CCCC2. The van der Waals surface area contributed by atoms with Crippen LogP contribution in [0.25, 0.3) is 0 Å². The van der Waals surface area contributed by atoms with Crippen molar-refractivity contribution in [3.8, 4) is 0 Å². The molecule has 1 unspecified atom stereocenters. The second-order valence-electron chi connectivity index (χ2n) is 7.32. The summed E-state index contributed by atoms with van der Waals surface area (Å²) in [5.41, 5.74) is 1.16. The number of nitrogens with zero attached hydrogens (tertiary/aromatic N) is 3.